The van der Waals surface area contributed by atoms with Gasteiger partial charge < -0.3 is 0 Å². The van der Waals surface area contributed by atoms with Crippen LogP contribution in [0.4, 0.5) is 0 Å². The molecule has 1 aliphatic rings. The van der Waals surface area contributed by atoms with E-state index in [2.05, 4.69) is 20.8 Å². The van der Waals surface area contributed by atoms with Gasteiger partial charge in [0.05, 0.1) is 5.25 Å². The van der Waals surface area contributed by atoms with E-state index in [1.54, 1.807) is 0 Å². The minimum Gasteiger partial charge on any atom is -0.229 e. The summed E-state index contributed by atoms with van der Waals surface area (Å²) >= 11 is 0. The smallest absolute Gasteiger partial charge is 0.150 e. The van der Waals surface area contributed by atoms with Crippen LogP contribution in [0.1, 0.15) is 33.6 Å². The van der Waals surface area contributed by atoms with Gasteiger partial charge in [-0.05, 0) is 24.2 Å². The molecule has 0 N–H and O–H groups in total. The Morgan fingerprint density at radius 2 is 1.58 bits per heavy atom. The van der Waals surface area contributed by atoms with Crippen molar-refractivity contribution in [1.82, 2.24) is 0 Å². The van der Waals surface area contributed by atoms with Gasteiger partial charge in [-0.1, -0.05) is 20.8 Å². The molecule has 1 saturated carbocycles. The van der Waals surface area contributed by atoms with Crippen molar-refractivity contribution >= 4 is 9.84 Å². The first-order valence-corrected chi connectivity index (χ1v) is 6.35. The second kappa shape index (κ2) is 2.72. The number of rotatable bonds is 1. The molecule has 0 radical (unpaired) electrons. The zero-order valence-corrected chi connectivity index (χ0v) is 9.11. The Morgan fingerprint density at radius 1 is 1.17 bits per heavy atom. The maximum Gasteiger partial charge on any atom is 0.150 e. The lowest BCUT2D eigenvalue weighted by Gasteiger charge is -2.42. The summed E-state index contributed by atoms with van der Waals surface area (Å²) in [6.45, 7) is 6.53. The average molecular weight is 190 g/mol. The second-order valence-electron chi connectivity index (χ2n) is 4.99. The maximum absolute atomic E-state index is 11.1. The molecule has 0 heterocycles. The number of sulfone groups is 1. The van der Waals surface area contributed by atoms with Gasteiger partial charge in [-0.2, -0.15) is 0 Å². The Morgan fingerprint density at radius 3 is 1.83 bits per heavy atom. The molecule has 0 aromatic rings. The van der Waals surface area contributed by atoms with Crippen LogP contribution in [0, 0.1) is 11.3 Å². The van der Waals surface area contributed by atoms with Crippen molar-refractivity contribution in [3.05, 3.63) is 0 Å². The van der Waals surface area contributed by atoms with Crippen LogP contribution in [0.2, 0.25) is 0 Å². The van der Waals surface area contributed by atoms with Crippen molar-refractivity contribution < 1.29 is 8.42 Å². The molecule has 12 heavy (non-hydrogen) atoms. The summed E-state index contributed by atoms with van der Waals surface area (Å²) in [5.74, 6) is 0.595. The molecule has 1 rings (SSSR count). The van der Waals surface area contributed by atoms with E-state index in [1.165, 1.54) is 6.26 Å². The molecule has 1 aliphatic carbocycles. The predicted octanol–water partition coefficient (Wildman–Crippen LogP) is 1.86. The molecule has 0 spiro atoms. The molecule has 0 amide bonds. The van der Waals surface area contributed by atoms with Crippen molar-refractivity contribution in [2.75, 3.05) is 6.26 Å². The van der Waals surface area contributed by atoms with E-state index in [0.29, 0.717) is 5.92 Å². The topological polar surface area (TPSA) is 34.1 Å². The first-order valence-electron chi connectivity index (χ1n) is 4.40. The average Bonchev–Trinajstić information content (AvgIpc) is 1.46. The Hall–Kier alpha value is -0.0500. The summed E-state index contributed by atoms with van der Waals surface area (Å²) in [4.78, 5) is 0. The molecule has 72 valence electrons. The first kappa shape index (κ1) is 10.0. The third-order valence-corrected chi connectivity index (χ3v) is 4.52. The lowest BCUT2D eigenvalue weighted by atomic mass is 9.68. The molecule has 0 saturated heterocycles. The molecule has 0 unspecified atom stereocenters. The van der Waals surface area contributed by atoms with Crippen LogP contribution in [0.3, 0.4) is 0 Å². The van der Waals surface area contributed by atoms with Gasteiger partial charge in [0.2, 0.25) is 0 Å². The van der Waals surface area contributed by atoms with Crippen LogP contribution in [-0.4, -0.2) is 19.9 Å². The van der Waals surface area contributed by atoms with Crippen LogP contribution in [0.15, 0.2) is 0 Å². The Balaban J connectivity index is 2.50. The quantitative estimate of drug-likeness (QED) is 0.632. The van der Waals surface area contributed by atoms with Crippen molar-refractivity contribution in [1.29, 1.82) is 0 Å². The fourth-order valence-corrected chi connectivity index (χ4v) is 2.79. The highest BCUT2D eigenvalue weighted by molar-refractivity contribution is 7.91. The van der Waals surface area contributed by atoms with E-state index < -0.39 is 9.84 Å². The van der Waals surface area contributed by atoms with Crippen LogP contribution in [0.5, 0.6) is 0 Å². The van der Waals surface area contributed by atoms with Crippen LogP contribution < -0.4 is 0 Å². The van der Waals surface area contributed by atoms with Crippen molar-refractivity contribution in [2.24, 2.45) is 11.3 Å². The van der Waals surface area contributed by atoms with E-state index in [-0.39, 0.29) is 10.7 Å². The molecular weight excluding hydrogens is 172 g/mol. The fourth-order valence-electron chi connectivity index (χ4n) is 1.62. The normalized spacial score (nSPS) is 31.3. The van der Waals surface area contributed by atoms with Crippen LogP contribution in [-0.2, 0) is 9.84 Å². The van der Waals surface area contributed by atoms with Gasteiger partial charge in [0.25, 0.3) is 0 Å². The highest BCUT2D eigenvalue weighted by atomic mass is 32.2. The highest BCUT2D eigenvalue weighted by Crippen LogP contribution is 2.43. The SMILES string of the molecule is CC(C)(C)C1CC(S(C)(=O)=O)C1. The molecule has 0 aromatic heterocycles. The van der Waals surface area contributed by atoms with E-state index in [9.17, 15) is 8.42 Å². The maximum atomic E-state index is 11.1. The van der Waals surface area contributed by atoms with Gasteiger partial charge in [-0.15, -0.1) is 0 Å². The standard InChI is InChI=1S/C9H18O2S/c1-9(2,3)7-5-8(6-7)12(4,10)11/h7-8H,5-6H2,1-4H3. The monoisotopic (exact) mass is 190 g/mol. The third kappa shape index (κ3) is 2.00. The van der Waals surface area contributed by atoms with Gasteiger partial charge in [0, 0.05) is 6.26 Å². The third-order valence-electron chi connectivity index (χ3n) is 2.93. The summed E-state index contributed by atoms with van der Waals surface area (Å²) in [5.41, 5.74) is 0.279. The second-order valence-corrected chi connectivity index (χ2v) is 7.31. The van der Waals surface area contributed by atoms with E-state index in [1.807, 2.05) is 0 Å². The molecule has 0 atom stereocenters. The fraction of sp³-hybridized carbons (Fsp3) is 1.00. The predicted molar refractivity (Wildman–Crippen MR) is 50.8 cm³/mol. The summed E-state index contributed by atoms with van der Waals surface area (Å²) in [5, 5.41) is -0.0540. The minimum atomic E-state index is -2.76. The van der Waals surface area contributed by atoms with Crippen molar-refractivity contribution in [2.45, 2.75) is 38.9 Å². The molecule has 0 bridgehead atoms. The highest BCUT2D eigenvalue weighted by Gasteiger charge is 2.41. The Labute approximate surface area is 75.3 Å². The van der Waals surface area contributed by atoms with Crippen LogP contribution >= 0.6 is 0 Å². The molecular formula is C9H18O2S. The number of hydrogen-bond donors (Lipinski definition) is 0. The van der Waals surface area contributed by atoms with E-state index in [0.717, 1.165) is 12.8 Å². The largest absolute Gasteiger partial charge is 0.229 e. The van der Waals surface area contributed by atoms with Gasteiger partial charge in [-0.25, -0.2) is 8.42 Å². The molecule has 3 heteroatoms. The molecule has 0 aromatic carbocycles. The van der Waals surface area contributed by atoms with Gasteiger partial charge in [-0.3, -0.25) is 0 Å². The Kier molecular flexibility index (Phi) is 2.28. The first-order chi connectivity index (χ1) is 5.21. The van der Waals surface area contributed by atoms with Gasteiger partial charge in [0.1, 0.15) is 9.84 Å². The molecule has 1 fully saturated rings. The molecule has 0 aliphatic heterocycles. The van der Waals surface area contributed by atoms with Crippen molar-refractivity contribution in [3.63, 3.8) is 0 Å². The van der Waals surface area contributed by atoms with Gasteiger partial charge >= 0.3 is 0 Å². The van der Waals surface area contributed by atoms with Gasteiger partial charge in [0.15, 0.2) is 0 Å². The molecule has 2 nitrogen and oxygen atoms in total. The number of hydrogen-bond acceptors (Lipinski definition) is 2. The van der Waals surface area contributed by atoms with E-state index in [4.69, 9.17) is 0 Å². The summed E-state index contributed by atoms with van der Waals surface area (Å²) in [7, 11) is -2.76. The summed E-state index contributed by atoms with van der Waals surface area (Å²) < 4.78 is 22.2. The zero-order valence-electron chi connectivity index (χ0n) is 8.29. The van der Waals surface area contributed by atoms with E-state index >= 15 is 0 Å². The Bertz CT molecular complexity index is 253. The summed E-state index contributed by atoms with van der Waals surface area (Å²) in [6.07, 6.45) is 3.07. The van der Waals surface area contributed by atoms with Crippen molar-refractivity contribution in [3.8, 4) is 0 Å². The summed E-state index contributed by atoms with van der Waals surface area (Å²) in [6, 6.07) is 0. The van der Waals surface area contributed by atoms with Crippen LogP contribution in [0.25, 0.3) is 0 Å². The zero-order chi connectivity index (χ0) is 9.57. The lowest BCUT2D eigenvalue weighted by Crippen LogP contribution is -2.41. The lowest BCUT2D eigenvalue weighted by molar-refractivity contribution is 0.144. The minimum absolute atomic E-state index is 0.0540.